The first-order chi connectivity index (χ1) is 12.5. The molecule has 1 unspecified atom stereocenters. The van der Waals surface area contributed by atoms with Crippen molar-refractivity contribution >= 4 is 11.6 Å². The van der Waals surface area contributed by atoms with Crippen LogP contribution in [0.25, 0.3) is 11.1 Å². The molecule has 1 amide bonds. The van der Waals surface area contributed by atoms with Gasteiger partial charge < -0.3 is 15.1 Å². The van der Waals surface area contributed by atoms with Crippen molar-refractivity contribution in [2.45, 2.75) is 13.3 Å². The number of hydrogen-bond donors (Lipinski definition) is 1. The molecule has 26 heavy (non-hydrogen) atoms. The van der Waals surface area contributed by atoms with Crippen LogP contribution in [0.2, 0.25) is 0 Å². The van der Waals surface area contributed by atoms with Gasteiger partial charge in [-0.05, 0) is 67.2 Å². The van der Waals surface area contributed by atoms with E-state index in [0.29, 0.717) is 5.92 Å². The lowest BCUT2D eigenvalue weighted by Crippen LogP contribution is -2.33. The van der Waals surface area contributed by atoms with Crippen LogP contribution in [0.3, 0.4) is 0 Å². The van der Waals surface area contributed by atoms with Crippen LogP contribution >= 0.6 is 0 Å². The Kier molecular flexibility index (Phi) is 5.62. The zero-order chi connectivity index (χ0) is 18.7. The van der Waals surface area contributed by atoms with Crippen LogP contribution in [0.1, 0.15) is 22.3 Å². The lowest BCUT2D eigenvalue weighted by atomic mass is 9.98. The first-order valence-corrected chi connectivity index (χ1v) is 9.30. The van der Waals surface area contributed by atoms with Crippen LogP contribution in [0.15, 0.2) is 42.5 Å². The van der Waals surface area contributed by atoms with Crippen LogP contribution in [-0.4, -0.2) is 51.6 Å². The number of benzene rings is 2. The fraction of sp³-hybridized carbons (Fsp3) is 0.409. The van der Waals surface area contributed by atoms with Gasteiger partial charge in [0.15, 0.2) is 0 Å². The Balaban J connectivity index is 1.75. The number of anilines is 1. The van der Waals surface area contributed by atoms with Gasteiger partial charge >= 0.3 is 0 Å². The summed E-state index contributed by atoms with van der Waals surface area (Å²) in [6.45, 7) is 4.92. The molecule has 4 heteroatoms. The number of rotatable bonds is 5. The first kappa shape index (κ1) is 18.5. The molecule has 1 atom stereocenters. The van der Waals surface area contributed by atoms with E-state index >= 15 is 0 Å². The monoisotopic (exact) mass is 351 g/mol. The summed E-state index contributed by atoms with van der Waals surface area (Å²) >= 11 is 0. The molecule has 0 spiro atoms. The van der Waals surface area contributed by atoms with Crippen molar-refractivity contribution < 1.29 is 4.79 Å². The van der Waals surface area contributed by atoms with E-state index in [1.54, 1.807) is 0 Å². The van der Waals surface area contributed by atoms with Gasteiger partial charge in [-0.2, -0.15) is 0 Å². The number of carbonyl (C=O) groups excluding carboxylic acids is 1. The number of hydrogen-bond acceptors (Lipinski definition) is 3. The average Bonchev–Trinajstić information content (AvgIpc) is 3.14. The first-order valence-electron chi connectivity index (χ1n) is 9.30. The molecule has 1 heterocycles. The summed E-state index contributed by atoms with van der Waals surface area (Å²) in [7, 11) is 5.99. The SMILES string of the molecule is Cc1cc(-c2ccc(N(C)C)cc2)ccc1C(=O)N(C)CC1CCNC1. The van der Waals surface area contributed by atoms with Crippen LogP contribution in [0, 0.1) is 12.8 Å². The Labute approximate surface area is 156 Å². The Hall–Kier alpha value is -2.33. The van der Waals surface area contributed by atoms with Gasteiger partial charge in [0.05, 0.1) is 0 Å². The number of amides is 1. The summed E-state index contributed by atoms with van der Waals surface area (Å²) in [6, 6.07) is 14.6. The number of aryl methyl sites for hydroxylation is 1. The topological polar surface area (TPSA) is 35.6 Å². The zero-order valence-electron chi connectivity index (χ0n) is 16.2. The molecular formula is C22H29N3O. The molecular weight excluding hydrogens is 322 g/mol. The molecule has 1 aliphatic rings. The van der Waals surface area contributed by atoms with Gasteiger partial charge in [-0.25, -0.2) is 0 Å². The molecule has 2 aromatic carbocycles. The third-order valence-corrected chi connectivity index (χ3v) is 5.21. The molecule has 3 rings (SSSR count). The molecule has 0 saturated carbocycles. The lowest BCUT2D eigenvalue weighted by molar-refractivity contribution is 0.0775. The predicted molar refractivity (Wildman–Crippen MR) is 109 cm³/mol. The fourth-order valence-electron chi connectivity index (χ4n) is 3.58. The summed E-state index contributed by atoms with van der Waals surface area (Å²) < 4.78 is 0. The molecule has 2 aromatic rings. The van der Waals surface area contributed by atoms with Crippen LogP contribution < -0.4 is 10.2 Å². The summed E-state index contributed by atoms with van der Waals surface area (Å²) in [5.74, 6) is 0.683. The lowest BCUT2D eigenvalue weighted by Gasteiger charge is -2.22. The molecule has 1 fully saturated rings. The maximum atomic E-state index is 12.8. The van der Waals surface area contributed by atoms with Gasteiger partial charge in [-0.1, -0.05) is 24.3 Å². The molecule has 1 N–H and O–H groups in total. The Morgan fingerprint density at radius 2 is 1.77 bits per heavy atom. The van der Waals surface area contributed by atoms with Gasteiger partial charge in [0.2, 0.25) is 0 Å². The minimum Gasteiger partial charge on any atom is -0.378 e. The minimum atomic E-state index is 0.115. The maximum absolute atomic E-state index is 12.8. The van der Waals surface area contributed by atoms with Crippen LogP contribution in [-0.2, 0) is 0 Å². The quantitative estimate of drug-likeness (QED) is 0.897. The zero-order valence-corrected chi connectivity index (χ0v) is 16.2. The molecule has 0 bridgehead atoms. The van der Waals surface area contributed by atoms with Crippen molar-refractivity contribution in [2.24, 2.45) is 5.92 Å². The smallest absolute Gasteiger partial charge is 0.253 e. The fourth-order valence-corrected chi connectivity index (χ4v) is 3.58. The van der Waals surface area contributed by atoms with Gasteiger partial charge in [0.1, 0.15) is 0 Å². The average molecular weight is 351 g/mol. The molecule has 0 aliphatic carbocycles. The van der Waals surface area contributed by atoms with Gasteiger partial charge in [0.25, 0.3) is 5.91 Å². The van der Waals surface area contributed by atoms with E-state index in [2.05, 4.69) is 46.6 Å². The van der Waals surface area contributed by atoms with E-state index < -0.39 is 0 Å². The third kappa shape index (κ3) is 4.07. The highest BCUT2D eigenvalue weighted by Gasteiger charge is 2.21. The van der Waals surface area contributed by atoms with Crippen molar-refractivity contribution in [3.05, 3.63) is 53.6 Å². The summed E-state index contributed by atoms with van der Waals surface area (Å²) in [5.41, 5.74) is 5.32. The largest absolute Gasteiger partial charge is 0.378 e. The standard InChI is InChI=1S/C22H29N3O/c1-16-13-19(18-5-8-20(9-6-18)24(2)3)7-10-21(16)22(26)25(4)15-17-11-12-23-14-17/h5-10,13,17,23H,11-12,14-15H2,1-4H3. The van der Waals surface area contributed by atoms with Crippen molar-refractivity contribution in [3.63, 3.8) is 0 Å². The van der Waals surface area contributed by atoms with Gasteiger partial charge in [-0.3, -0.25) is 4.79 Å². The number of nitrogens with zero attached hydrogens (tertiary/aromatic N) is 2. The van der Waals surface area contributed by atoms with Crippen molar-refractivity contribution in [3.8, 4) is 11.1 Å². The molecule has 0 aromatic heterocycles. The van der Waals surface area contributed by atoms with E-state index in [9.17, 15) is 4.79 Å². The maximum Gasteiger partial charge on any atom is 0.253 e. The highest BCUT2D eigenvalue weighted by atomic mass is 16.2. The van der Waals surface area contributed by atoms with E-state index in [1.807, 2.05) is 39.0 Å². The normalized spacial score (nSPS) is 16.5. The third-order valence-electron chi connectivity index (χ3n) is 5.21. The molecule has 0 radical (unpaired) electrons. The predicted octanol–water partition coefficient (Wildman–Crippen LogP) is 3.41. The van der Waals surface area contributed by atoms with Crippen molar-refractivity contribution in [2.75, 3.05) is 45.7 Å². The molecule has 4 nitrogen and oxygen atoms in total. The molecule has 1 aliphatic heterocycles. The van der Waals surface area contributed by atoms with E-state index in [4.69, 9.17) is 0 Å². The number of carbonyl (C=O) groups is 1. The second-order valence-corrected chi connectivity index (χ2v) is 7.52. The summed E-state index contributed by atoms with van der Waals surface area (Å²) in [4.78, 5) is 16.8. The Bertz CT molecular complexity index is 761. The second kappa shape index (κ2) is 7.92. The van der Waals surface area contributed by atoms with E-state index in [0.717, 1.165) is 42.7 Å². The van der Waals surface area contributed by atoms with Gasteiger partial charge in [0, 0.05) is 38.9 Å². The van der Waals surface area contributed by atoms with Crippen molar-refractivity contribution in [1.82, 2.24) is 10.2 Å². The van der Waals surface area contributed by atoms with E-state index in [-0.39, 0.29) is 5.91 Å². The highest BCUT2D eigenvalue weighted by Crippen LogP contribution is 2.25. The minimum absolute atomic E-state index is 0.115. The van der Waals surface area contributed by atoms with Gasteiger partial charge in [-0.15, -0.1) is 0 Å². The molecule has 1 saturated heterocycles. The Morgan fingerprint density at radius 1 is 1.08 bits per heavy atom. The summed E-state index contributed by atoms with van der Waals surface area (Å²) in [6.07, 6.45) is 1.15. The van der Waals surface area contributed by atoms with Crippen LogP contribution in [0.5, 0.6) is 0 Å². The highest BCUT2D eigenvalue weighted by molar-refractivity contribution is 5.96. The summed E-state index contributed by atoms with van der Waals surface area (Å²) in [5, 5.41) is 3.36. The van der Waals surface area contributed by atoms with Crippen molar-refractivity contribution in [1.29, 1.82) is 0 Å². The number of nitrogens with one attached hydrogen (secondary N) is 1. The van der Waals surface area contributed by atoms with Crippen LogP contribution in [0.4, 0.5) is 5.69 Å². The van der Waals surface area contributed by atoms with E-state index in [1.165, 1.54) is 11.3 Å². The second-order valence-electron chi connectivity index (χ2n) is 7.52. The Morgan fingerprint density at radius 3 is 2.35 bits per heavy atom. The molecule has 138 valence electrons.